The van der Waals surface area contributed by atoms with Gasteiger partial charge in [0.05, 0.1) is 31.5 Å². The zero-order valence-corrected chi connectivity index (χ0v) is 25.9. The average Bonchev–Trinajstić information content (AvgIpc) is 3.06. The molecule has 45 heavy (non-hydrogen) atoms. The average molecular weight is 617 g/mol. The molecule has 0 unspecified atom stereocenters. The summed E-state index contributed by atoms with van der Waals surface area (Å²) < 4.78 is 27.2. The van der Waals surface area contributed by atoms with Gasteiger partial charge in [0.2, 0.25) is 0 Å². The molecule has 0 amide bonds. The molecule has 238 valence electrons. The predicted molar refractivity (Wildman–Crippen MR) is 169 cm³/mol. The summed E-state index contributed by atoms with van der Waals surface area (Å²) in [5, 5.41) is 0. The van der Waals surface area contributed by atoms with E-state index in [1.807, 2.05) is 0 Å². The Labute approximate surface area is 264 Å². The number of benzene rings is 3. The molecule has 0 saturated heterocycles. The Morgan fingerprint density at radius 1 is 0.644 bits per heavy atom. The summed E-state index contributed by atoms with van der Waals surface area (Å²) in [5.74, 6) is -0.797. The molecule has 0 aliphatic heterocycles. The first-order chi connectivity index (χ1) is 21.8. The Bertz CT molecular complexity index is 1430. The zero-order chi connectivity index (χ0) is 32.4. The SMILES string of the molecule is C=CC(=O)CCCCCOc1ccc(C(=O)Oc2ccc(OC(=O)c3ccc(OCCCCCC)cc3)cc2C(=O)OC)cc1. The van der Waals surface area contributed by atoms with E-state index in [0.717, 1.165) is 38.5 Å². The first kappa shape index (κ1) is 34.6. The lowest BCUT2D eigenvalue weighted by Gasteiger charge is -2.12. The van der Waals surface area contributed by atoms with E-state index in [2.05, 4.69) is 13.5 Å². The summed E-state index contributed by atoms with van der Waals surface area (Å²) in [4.78, 5) is 49.3. The van der Waals surface area contributed by atoms with Gasteiger partial charge in [-0.05, 0) is 98.5 Å². The van der Waals surface area contributed by atoms with Gasteiger partial charge in [-0.2, -0.15) is 0 Å². The van der Waals surface area contributed by atoms with Gasteiger partial charge >= 0.3 is 17.9 Å². The van der Waals surface area contributed by atoms with Crippen LogP contribution < -0.4 is 18.9 Å². The number of esters is 3. The normalized spacial score (nSPS) is 10.4. The van der Waals surface area contributed by atoms with E-state index in [0.29, 0.717) is 36.7 Å². The van der Waals surface area contributed by atoms with Gasteiger partial charge in [0.1, 0.15) is 28.6 Å². The van der Waals surface area contributed by atoms with Crippen LogP contribution in [0.5, 0.6) is 23.0 Å². The number of carbonyl (C=O) groups excluding carboxylic acids is 4. The lowest BCUT2D eigenvalue weighted by atomic mass is 10.1. The van der Waals surface area contributed by atoms with Gasteiger partial charge in [0.25, 0.3) is 0 Å². The van der Waals surface area contributed by atoms with E-state index in [-0.39, 0.29) is 28.4 Å². The maximum Gasteiger partial charge on any atom is 0.343 e. The van der Waals surface area contributed by atoms with Crippen LogP contribution >= 0.6 is 0 Å². The predicted octanol–water partition coefficient (Wildman–Crippen LogP) is 7.57. The third-order valence-electron chi connectivity index (χ3n) is 6.78. The van der Waals surface area contributed by atoms with Crippen LogP contribution in [0.25, 0.3) is 0 Å². The van der Waals surface area contributed by atoms with E-state index in [1.165, 1.54) is 37.8 Å². The summed E-state index contributed by atoms with van der Waals surface area (Å²) >= 11 is 0. The molecule has 0 radical (unpaired) electrons. The Morgan fingerprint density at radius 3 is 1.71 bits per heavy atom. The zero-order valence-electron chi connectivity index (χ0n) is 25.9. The third-order valence-corrected chi connectivity index (χ3v) is 6.78. The van der Waals surface area contributed by atoms with Crippen LogP contribution in [-0.2, 0) is 9.53 Å². The van der Waals surface area contributed by atoms with Crippen molar-refractivity contribution in [2.24, 2.45) is 0 Å². The van der Waals surface area contributed by atoms with Crippen molar-refractivity contribution in [3.63, 3.8) is 0 Å². The number of methoxy groups -OCH3 is 1. The monoisotopic (exact) mass is 616 g/mol. The molecular formula is C36H40O9. The standard InChI is InChI=1S/C36H40O9/c1-4-6-7-10-23-42-29-17-13-26(14-18-29)34(38)44-31-21-22-33(32(25-31)36(40)41-3)45-35(39)27-15-19-30(20-16-27)43-24-11-8-9-12-28(37)5-2/h5,13-22,25H,2,4,6-12,23-24H2,1,3H3. The van der Waals surface area contributed by atoms with E-state index < -0.39 is 17.9 Å². The number of carbonyl (C=O) groups is 4. The molecule has 3 rings (SSSR count). The number of ether oxygens (including phenoxy) is 5. The van der Waals surface area contributed by atoms with Gasteiger partial charge in [-0.25, -0.2) is 14.4 Å². The maximum absolute atomic E-state index is 12.8. The van der Waals surface area contributed by atoms with Crippen LogP contribution in [0.15, 0.2) is 79.4 Å². The molecule has 0 saturated carbocycles. The van der Waals surface area contributed by atoms with Crippen molar-refractivity contribution in [3.05, 3.63) is 96.1 Å². The number of hydrogen-bond donors (Lipinski definition) is 0. The third kappa shape index (κ3) is 11.6. The fraction of sp³-hybridized carbons (Fsp3) is 0.333. The fourth-order valence-electron chi connectivity index (χ4n) is 4.22. The number of ketones is 1. The second-order valence-corrected chi connectivity index (χ2v) is 10.2. The number of hydrogen-bond acceptors (Lipinski definition) is 9. The van der Waals surface area contributed by atoms with Crippen LogP contribution in [0.2, 0.25) is 0 Å². The van der Waals surface area contributed by atoms with Crippen LogP contribution in [0.3, 0.4) is 0 Å². The summed E-state index contributed by atoms with van der Waals surface area (Å²) in [5.41, 5.74) is 0.457. The minimum atomic E-state index is -0.770. The Balaban J connectivity index is 1.56. The van der Waals surface area contributed by atoms with Gasteiger partial charge in [-0.3, -0.25) is 4.79 Å². The number of unbranched alkanes of at least 4 members (excludes halogenated alkanes) is 5. The topological polar surface area (TPSA) is 114 Å². The van der Waals surface area contributed by atoms with Crippen molar-refractivity contribution in [1.82, 2.24) is 0 Å². The molecule has 9 heteroatoms. The first-order valence-electron chi connectivity index (χ1n) is 15.1. The lowest BCUT2D eigenvalue weighted by Crippen LogP contribution is -2.13. The first-order valence-corrected chi connectivity index (χ1v) is 15.1. The van der Waals surface area contributed by atoms with Crippen molar-refractivity contribution >= 4 is 23.7 Å². The van der Waals surface area contributed by atoms with E-state index in [1.54, 1.807) is 48.5 Å². The second-order valence-electron chi connectivity index (χ2n) is 10.2. The molecule has 0 N–H and O–H groups in total. The Morgan fingerprint density at radius 2 is 1.18 bits per heavy atom. The molecular weight excluding hydrogens is 576 g/mol. The quantitative estimate of drug-likeness (QED) is 0.0582. The largest absolute Gasteiger partial charge is 0.494 e. The van der Waals surface area contributed by atoms with Crippen molar-refractivity contribution in [1.29, 1.82) is 0 Å². The molecule has 0 bridgehead atoms. The smallest absolute Gasteiger partial charge is 0.343 e. The molecule has 9 nitrogen and oxygen atoms in total. The van der Waals surface area contributed by atoms with Crippen molar-refractivity contribution in [2.45, 2.75) is 58.3 Å². The molecule has 0 atom stereocenters. The van der Waals surface area contributed by atoms with Crippen molar-refractivity contribution in [2.75, 3.05) is 20.3 Å². The highest BCUT2D eigenvalue weighted by molar-refractivity contribution is 5.97. The maximum atomic E-state index is 12.8. The van der Waals surface area contributed by atoms with E-state index in [4.69, 9.17) is 23.7 Å². The summed E-state index contributed by atoms with van der Waals surface area (Å²) in [7, 11) is 1.19. The molecule has 0 fully saturated rings. The van der Waals surface area contributed by atoms with Crippen LogP contribution in [-0.4, -0.2) is 44.0 Å². The van der Waals surface area contributed by atoms with Gasteiger partial charge in [0, 0.05) is 6.42 Å². The van der Waals surface area contributed by atoms with Gasteiger partial charge < -0.3 is 23.7 Å². The number of rotatable bonds is 19. The molecule has 3 aromatic rings. The molecule has 3 aromatic carbocycles. The van der Waals surface area contributed by atoms with Crippen LogP contribution in [0.1, 0.15) is 89.4 Å². The summed E-state index contributed by atoms with van der Waals surface area (Å²) in [6, 6.07) is 17.1. The van der Waals surface area contributed by atoms with Crippen molar-refractivity contribution in [3.8, 4) is 23.0 Å². The van der Waals surface area contributed by atoms with Gasteiger partial charge in [-0.15, -0.1) is 0 Å². The molecule has 0 spiro atoms. The Hall–Kier alpha value is -4.92. The summed E-state index contributed by atoms with van der Waals surface area (Å²) in [6.45, 7) is 6.70. The van der Waals surface area contributed by atoms with Crippen molar-refractivity contribution < 1.29 is 42.9 Å². The summed E-state index contributed by atoms with van der Waals surface area (Å²) in [6.07, 6.45) is 8.64. The van der Waals surface area contributed by atoms with Gasteiger partial charge in [0.15, 0.2) is 5.78 Å². The molecule has 0 aliphatic rings. The lowest BCUT2D eigenvalue weighted by molar-refractivity contribution is -0.114. The molecule has 0 heterocycles. The van der Waals surface area contributed by atoms with Crippen LogP contribution in [0.4, 0.5) is 0 Å². The second kappa shape index (κ2) is 18.7. The highest BCUT2D eigenvalue weighted by atomic mass is 16.6. The van der Waals surface area contributed by atoms with E-state index in [9.17, 15) is 19.2 Å². The van der Waals surface area contributed by atoms with Gasteiger partial charge in [-0.1, -0.05) is 32.8 Å². The number of allylic oxidation sites excluding steroid dienone is 1. The molecule has 0 aromatic heterocycles. The molecule has 0 aliphatic carbocycles. The minimum Gasteiger partial charge on any atom is -0.494 e. The highest BCUT2D eigenvalue weighted by Crippen LogP contribution is 2.27. The minimum absolute atomic E-state index is 0.0348. The Kier molecular flexibility index (Phi) is 14.3. The van der Waals surface area contributed by atoms with E-state index >= 15 is 0 Å². The fourth-order valence-corrected chi connectivity index (χ4v) is 4.22. The highest BCUT2D eigenvalue weighted by Gasteiger charge is 2.20. The van der Waals surface area contributed by atoms with Crippen LogP contribution in [0, 0.1) is 0 Å².